The molecule has 0 aliphatic heterocycles. The third-order valence-corrected chi connectivity index (χ3v) is 5.64. The van der Waals surface area contributed by atoms with Crippen LogP contribution in [0.2, 0.25) is 10.0 Å². The quantitative estimate of drug-likeness (QED) is 0.271. The number of benzene rings is 2. The number of aliphatic hydroxyl groups excluding tert-OH is 1. The molecule has 0 aliphatic rings. The van der Waals surface area contributed by atoms with Crippen LogP contribution in [0.5, 0.6) is 0 Å². The van der Waals surface area contributed by atoms with Crippen molar-refractivity contribution in [1.82, 2.24) is 20.3 Å². The predicted molar refractivity (Wildman–Crippen MR) is 130 cm³/mol. The maximum atomic E-state index is 13.3. The number of aliphatic hydroxyl groups is 1. The number of nitrogens with one attached hydrogen (secondary N) is 3. The molecule has 0 saturated carbocycles. The van der Waals surface area contributed by atoms with Gasteiger partial charge in [-0.25, -0.2) is 14.4 Å². The van der Waals surface area contributed by atoms with Gasteiger partial charge in [0.25, 0.3) is 5.91 Å². The first kappa shape index (κ1) is 23.7. The molecule has 1 amide bonds. The summed E-state index contributed by atoms with van der Waals surface area (Å²) in [6.45, 7) is 1.56. The highest BCUT2D eigenvalue weighted by molar-refractivity contribution is 6.33. The fourth-order valence-electron chi connectivity index (χ4n) is 3.36. The first-order chi connectivity index (χ1) is 16.3. The summed E-state index contributed by atoms with van der Waals surface area (Å²) in [5.41, 5.74) is 3.50. The third kappa shape index (κ3) is 5.36. The van der Waals surface area contributed by atoms with Gasteiger partial charge in [-0.1, -0.05) is 35.3 Å². The Labute approximate surface area is 205 Å². The zero-order valence-electron chi connectivity index (χ0n) is 17.9. The highest BCUT2D eigenvalue weighted by Crippen LogP contribution is 2.27. The number of hydrogen-bond acceptors (Lipinski definition) is 5. The van der Waals surface area contributed by atoms with E-state index in [-0.39, 0.29) is 17.6 Å². The number of aromatic nitrogens is 3. The van der Waals surface area contributed by atoms with Crippen molar-refractivity contribution < 1.29 is 14.3 Å². The second kappa shape index (κ2) is 10.2. The molecule has 4 N–H and O–H groups in total. The maximum absolute atomic E-state index is 13.3. The van der Waals surface area contributed by atoms with Crippen LogP contribution in [-0.4, -0.2) is 32.6 Å². The van der Waals surface area contributed by atoms with E-state index in [1.165, 1.54) is 18.2 Å². The molecule has 10 heteroatoms. The molecular formula is C24H20Cl2FN5O2. The summed E-state index contributed by atoms with van der Waals surface area (Å²) < 4.78 is 13.3. The average molecular weight is 500 g/mol. The van der Waals surface area contributed by atoms with Gasteiger partial charge >= 0.3 is 0 Å². The minimum absolute atomic E-state index is 0.199. The number of carbonyl (C=O) groups is 1. The lowest BCUT2D eigenvalue weighted by Gasteiger charge is -2.16. The number of carbonyl (C=O) groups excluding carboxylic acids is 1. The minimum Gasteiger partial charge on any atom is -0.394 e. The van der Waals surface area contributed by atoms with Gasteiger partial charge in [0.2, 0.25) is 5.95 Å². The second-order valence-corrected chi connectivity index (χ2v) is 8.38. The zero-order valence-corrected chi connectivity index (χ0v) is 19.5. The fraction of sp³-hybridized carbons (Fsp3) is 0.125. The predicted octanol–water partition coefficient (Wildman–Crippen LogP) is 5.43. The van der Waals surface area contributed by atoms with Gasteiger partial charge in [0.15, 0.2) is 0 Å². The SMILES string of the molecule is Cc1cnc(Nc2ccc(F)cc2Cl)nc1-c1c[nH]c(C(=O)N[C@@H](CO)c2cccc(Cl)c2)c1. The number of aromatic amines is 1. The van der Waals surface area contributed by atoms with Crippen LogP contribution in [0.15, 0.2) is 60.9 Å². The molecule has 174 valence electrons. The number of amides is 1. The van der Waals surface area contributed by atoms with Gasteiger partial charge in [-0.2, -0.15) is 0 Å². The van der Waals surface area contributed by atoms with Crippen LogP contribution in [-0.2, 0) is 0 Å². The number of anilines is 2. The Morgan fingerprint density at radius 2 is 2.03 bits per heavy atom. The summed E-state index contributed by atoms with van der Waals surface area (Å²) in [6, 6.07) is 12.0. The molecule has 0 fully saturated rings. The van der Waals surface area contributed by atoms with Crippen LogP contribution in [0.3, 0.4) is 0 Å². The highest BCUT2D eigenvalue weighted by Gasteiger charge is 2.18. The molecule has 34 heavy (non-hydrogen) atoms. The number of H-pyrrole nitrogens is 1. The van der Waals surface area contributed by atoms with Gasteiger partial charge in [-0.3, -0.25) is 4.79 Å². The van der Waals surface area contributed by atoms with E-state index in [9.17, 15) is 14.3 Å². The standard InChI is InChI=1S/C24H20Cl2FN5O2/c1-13-10-29-24(31-19-6-5-17(27)9-18(19)26)32-22(13)15-8-20(28-11-15)23(34)30-21(12-33)14-3-2-4-16(25)7-14/h2-11,21,28,33H,12H2,1H3,(H,30,34)(H,29,31,32)/t21-/m0/s1. The number of aryl methyl sites for hydroxylation is 1. The van der Waals surface area contributed by atoms with Gasteiger partial charge in [0.1, 0.15) is 11.5 Å². The van der Waals surface area contributed by atoms with E-state index in [0.717, 1.165) is 5.56 Å². The molecule has 0 radical (unpaired) electrons. The molecule has 4 rings (SSSR count). The Kier molecular flexibility index (Phi) is 7.12. The smallest absolute Gasteiger partial charge is 0.268 e. The van der Waals surface area contributed by atoms with Crippen LogP contribution in [0.25, 0.3) is 11.3 Å². The lowest BCUT2D eigenvalue weighted by Crippen LogP contribution is -2.31. The van der Waals surface area contributed by atoms with E-state index < -0.39 is 17.8 Å². The van der Waals surface area contributed by atoms with Crippen LogP contribution >= 0.6 is 23.2 Å². The minimum atomic E-state index is -0.616. The van der Waals surface area contributed by atoms with Gasteiger partial charge in [0, 0.05) is 23.0 Å². The molecule has 7 nitrogen and oxygen atoms in total. The van der Waals surface area contributed by atoms with Crippen molar-refractivity contribution in [3.63, 3.8) is 0 Å². The molecule has 4 aromatic rings. The van der Waals surface area contributed by atoms with Crippen LogP contribution in [0.4, 0.5) is 16.0 Å². The summed E-state index contributed by atoms with van der Waals surface area (Å²) in [4.78, 5) is 24.5. The Morgan fingerprint density at radius 1 is 1.21 bits per heavy atom. The van der Waals surface area contributed by atoms with Gasteiger partial charge in [0.05, 0.1) is 29.1 Å². The summed E-state index contributed by atoms with van der Waals surface area (Å²) in [5, 5.41) is 16.2. The van der Waals surface area contributed by atoms with E-state index in [2.05, 4.69) is 25.6 Å². The van der Waals surface area contributed by atoms with Crippen LogP contribution in [0, 0.1) is 12.7 Å². The highest BCUT2D eigenvalue weighted by atomic mass is 35.5. The molecular weight excluding hydrogens is 480 g/mol. The summed E-state index contributed by atoms with van der Waals surface area (Å²) in [6.07, 6.45) is 3.29. The van der Waals surface area contributed by atoms with Gasteiger partial charge in [-0.05, 0) is 54.4 Å². The molecule has 0 spiro atoms. The monoisotopic (exact) mass is 499 g/mol. The topological polar surface area (TPSA) is 103 Å². The van der Waals surface area contributed by atoms with E-state index >= 15 is 0 Å². The van der Waals surface area contributed by atoms with Crippen molar-refractivity contribution in [2.24, 2.45) is 0 Å². The van der Waals surface area contributed by atoms with Crippen LogP contribution in [0.1, 0.15) is 27.7 Å². The lowest BCUT2D eigenvalue weighted by atomic mass is 10.1. The third-order valence-electron chi connectivity index (χ3n) is 5.09. The molecule has 0 bridgehead atoms. The Hall–Kier alpha value is -3.46. The van der Waals surface area contributed by atoms with Crippen molar-refractivity contribution >= 4 is 40.7 Å². The summed E-state index contributed by atoms with van der Waals surface area (Å²) >= 11 is 12.1. The lowest BCUT2D eigenvalue weighted by molar-refractivity contribution is 0.0911. The Morgan fingerprint density at radius 3 is 2.76 bits per heavy atom. The van der Waals surface area contributed by atoms with Crippen molar-refractivity contribution in [2.75, 3.05) is 11.9 Å². The molecule has 0 saturated heterocycles. The zero-order chi connectivity index (χ0) is 24.2. The summed E-state index contributed by atoms with van der Waals surface area (Å²) in [5.74, 6) is -0.575. The Bertz CT molecular complexity index is 1340. The van der Waals surface area contributed by atoms with Crippen molar-refractivity contribution in [3.8, 4) is 11.3 Å². The van der Waals surface area contributed by atoms with Crippen LogP contribution < -0.4 is 10.6 Å². The Balaban J connectivity index is 1.54. The molecule has 2 aromatic carbocycles. The number of halogens is 3. The first-order valence-corrected chi connectivity index (χ1v) is 11.0. The van der Waals surface area contributed by atoms with E-state index in [1.807, 2.05) is 6.92 Å². The molecule has 2 heterocycles. The fourth-order valence-corrected chi connectivity index (χ4v) is 3.77. The molecule has 2 aromatic heterocycles. The maximum Gasteiger partial charge on any atom is 0.268 e. The average Bonchev–Trinajstić information content (AvgIpc) is 3.30. The van der Waals surface area contributed by atoms with Gasteiger partial charge in [-0.15, -0.1) is 0 Å². The van der Waals surface area contributed by atoms with E-state index in [4.69, 9.17) is 23.2 Å². The number of rotatable bonds is 7. The largest absolute Gasteiger partial charge is 0.394 e. The normalized spacial score (nSPS) is 11.8. The van der Waals surface area contributed by atoms with E-state index in [0.29, 0.717) is 33.2 Å². The molecule has 0 aliphatic carbocycles. The van der Waals surface area contributed by atoms with Gasteiger partial charge < -0.3 is 20.7 Å². The molecule has 0 unspecified atom stereocenters. The first-order valence-electron chi connectivity index (χ1n) is 10.3. The second-order valence-electron chi connectivity index (χ2n) is 7.54. The van der Waals surface area contributed by atoms with Crippen molar-refractivity contribution in [3.05, 3.63) is 93.6 Å². The van der Waals surface area contributed by atoms with Crippen molar-refractivity contribution in [2.45, 2.75) is 13.0 Å². The van der Waals surface area contributed by atoms with E-state index in [1.54, 1.807) is 42.7 Å². The van der Waals surface area contributed by atoms with Crippen molar-refractivity contribution in [1.29, 1.82) is 0 Å². The summed E-state index contributed by atoms with van der Waals surface area (Å²) in [7, 11) is 0. The number of nitrogens with zero attached hydrogens (tertiary/aromatic N) is 2. The molecule has 1 atom stereocenters. The number of hydrogen-bond donors (Lipinski definition) is 4.